The highest BCUT2D eigenvalue weighted by molar-refractivity contribution is 9.11. The lowest BCUT2D eigenvalue weighted by atomic mass is 10.3. The number of ether oxygens (including phenoxy) is 1. The molecule has 0 amide bonds. The maximum absolute atomic E-state index is 9.21. The molecule has 14 heavy (non-hydrogen) atoms. The van der Waals surface area contributed by atoms with E-state index in [1.165, 1.54) is 0 Å². The van der Waals surface area contributed by atoms with Crippen LogP contribution >= 0.6 is 43.5 Å². The van der Waals surface area contributed by atoms with Gasteiger partial charge in [0.1, 0.15) is 18.5 Å². The Morgan fingerprint density at radius 3 is 2.43 bits per heavy atom. The minimum atomic E-state index is -0.643. The quantitative estimate of drug-likeness (QED) is 0.850. The molecule has 0 saturated heterocycles. The van der Waals surface area contributed by atoms with Crippen molar-refractivity contribution in [2.24, 2.45) is 0 Å². The molecule has 1 aromatic carbocycles. The Bertz CT molecular complexity index is 287. The van der Waals surface area contributed by atoms with Crippen LogP contribution in [0.5, 0.6) is 5.75 Å². The third-order valence-electron chi connectivity index (χ3n) is 1.52. The lowest BCUT2D eigenvalue weighted by Gasteiger charge is -2.12. The molecule has 0 aliphatic carbocycles. The fourth-order valence-corrected chi connectivity index (χ4v) is 2.16. The zero-order valence-corrected chi connectivity index (χ0v) is 11.1. The van der Waals surface area contributed by atoms with Crippen LogP contribution in [-0.2, 0) is 0 Å². The van der Waals surface area contributed by atoms with Crippen LogP contribution in [0.2, 0.25) is 0 Å². The molecule has 0 spiro atoms. The van der Waals surface area contributed by atoms with Gasteiger partial charge in [0.2, 0.25) is 0 Å². The van der Waals surface area contributed by atoms with Gasteiger partial charge in [-0.2, -0.15) is 0 Å². The number of rotatable bonds is 4. The average molecular weight is 344 g/mol. The van der Waals surface area contributed by atoms with E-state index < -0.39 is 6.10 Å². The molecule has 78 valence electrons. The monoisotopic (exact) mass is 342 g/mol. The molecule has 0 saturated carbocycles. The fraction of sp³-hybridized carbons (Fsp3) is 0.333. The van der Waals surface area contributed by atoms with Gasteiger partial charge in [0.25, 0.3) is 0 Å². The van der Waals surface area contributed by atoms with Crippen molar-refractivity contribution in [2.75, 3.05) is 12.5 Å². The topological polar surface area (TPSA) is 29.5 Å². The third kappa shape index (κ3) is 3.42. The molecule has 5 heteroatoms. The Balaban J connectivity index is 2.66. The molecule has 2 nitrogen and oxygen atoms in total. The standard InChI is InChI=1S/C9H9Br2ClO2/c10-7-2-1-3-8(11)9(7)14-5-6(13)4-12/h1-3,6,13H,4-5H2. The van der Waals surface area contributed by atoms with E-state index >= 15 is 0 Å². The molecule has 0 aromatic heterocycles. The minimum absolute atomic E-state index is 0.169. The molecule has 0 aliphatic heterocycles. The Labute approximate surface area is 104 Å². The Morgan fingerprint density at radius 1 is 1.36 bits per heavy atom. The number of aliphatic hydroxyl groups excluding tert-OH is 1. The SMILES string of the molecule is OC(CCl)COc1c(Br)cccc1Br. The van der Waals surface area contributed by atoms with Gasteiger partial charge >= 0.3 is 0 Å². The molecule has 0 fully saturated rings. The molecule has 0 bridgehead atoms. The first kappa shape index (κ1) is 12.3. The number of hydrogen-bond acceptors (Lipinski definition) is 2. The fourth-order valence-electron chi connectivity index (χ4n) is 0.844. The molecule has 1 rings (SSSR count). The average Bonchev–Trinajstić information content (AvgIpc) is 2.16. The van der Waals surface area contributed by atoms with Crippen molar-refractivity contribution in [3.8, 4) is 5.75 Å². The van der Waals surface area contributed by atoms with Gasteiger partial charge in [-0.3, -0.25) is 0 Å². The van der Waals surface area contributed by atoms with Crippen LogP contribution in [0.4, 0.5) is 0 Å². The molecule has 0 heterocycles. The first-order valence-corrected chi connectivity index (χ1v) is 6.08. The molecular formula is C9H9Br2ClO2. The van der Waals surface area contributed by atoms with Crippen LogP contribution in [0.1, 0.15) is 0 Å². The Kier molecular flexibility index (Phi) is 5.23. The van der Waals surface area contributed by atoms with E-state index in [1.54, 1.807) is 0 Å². The third-order valence-corrected chi connectivity index (χ3v) is 3.12. The van der Waals surface area contributed by atoms with Crippen molar-refractivity contribution in [3.05, 3.63) is 27.1 Å². The summed E-state index contributed by atoms with van der Waals surface area (Å²) in [5.74, 6) is 0.846. The van der Waals surface area contributed by atoms with Crippen LogP contribution in [0.3, 0.4) is 0 Å². The smallest absolute Gasteiger partial charge is 0.147 e. The number of halogens is 3. The molecule has 1 atom stereocenters. The normalized spacial score (nSPS) is 12.6. The zero-order valence-electron chi connectivity index (χ0n) is 7.21. The number of para-hydroxylation sites is 1. The van der Waals surface area contributed by atoms with Crippen LogP contribution in [0, 0.1) is 0 Å². The zero-order chi connectivity index (χ0) is 10.6. The van der Waals surface area contributed by atoms with Gasteiger partial charge in [-0.1, -0.05) is 6.07 Å². The predicted octanol–water partition coefficient (Wildman–Crippen LogP) is 3.19. The predicted molar refractivity (Wildman–Crippen MR) is 64.1 cm³/mol. The summed E-state index contributed by atoms with van der Waals surface area (Å²) in [6.45, 7) is 0.185. The van der Waals surface area contributed by atoms with E-state index in [-0.39, 0.29) is 12.5 Å². The molecule has 1 unspecified atom stereocenters. The molecule has 0 aliphatic rings. The minimum Gasteiger partial charge on any atom is -0.488 e. The van der Waals surface area contributed by atoms with Crippen molar-refractivity contribution < 1.29 is 9.84 Å². The first-order valence-electron chi connectivity index (χ1n) is 3.96. The molecule has 0 radical (unpaired) electrons. The Morgan fingerprint density at radius 2 is 1.93 bits per heavy atom. The van der Waals surface area contributed by atoms with Gasteiger partial charge in [-0.15, -0.1) is 11.6 Å². The number of aliphatic hydroxyl groups is 1. The van der Waals surface area contributed by atoms with E-state index in [0.717, 1.165) is 8.95 Å². The summed E-state index contributed by atoms with van der Waals surface area (Å²) in [7, 11) is 0. The first-order chi connectivity index (χ1) is 6.65. The highest BCUT2D eigenvalue weighted by Crippen LogP contribution is 2.32. The lowest BCUT2D eigenvalue weighted by molar-refractivity contribution is 0.124. The van der Waals surface area contributed by atoms with Gasteiger partial charge < -0.3 is 9.84 Å². The molecule has 1 N–H and O–H groups in total. The number of hydrogen-bond donors (Lipinski definition) is 1. The van der Waals surface area contributed by atoms with Crippen molar-refractivity contribution in [3.63, 3.8) is 0 Å². The highest BCUT2D eigenvalue weighted by atomic mass is 79.9. The summed E-state index contributed by atoms with van der Waals surface area (Å²) >= 11 is 12.1. The summed E-state index contributed by atoms with van der Waals surface area (Å²) in [6, 6.07) is 5.62. The summed E-state index contributed by atoms with van der Waals surface area (Å²) in [5, 5.41) is 9.21. The largest absolute Gasteiger partial charge is 0.488 e. The summed E-state index contributed by atoms with van der Waals surface area (Å²) in [5.41, 5.74) is 0. The van der Waals surface area contributed by atoms with Crippen LogP contribution in [-0.4, -0.2) is 23.7 Å². The van der Waals surface area contributed by atoms with Gasteiger partial charge in [-0.05, 0) is 44.0 Å². The van der Waals surface area contributed by atoms with Crippen molar-refractivity contribution in [1.29, 1.82) is 0 Å². The second-order valence-corrected chi connectivity index (χ2v) is 4.69. The van der Waals surface area contributed by atoms with E-state index in [0.29, 0.717) is 5.75 Å². The van der Waals surface area contributed by atoms with Crippen LogP contribution < -0.4 is 4.74 Å². The van der Waals surface area contributed by atoms with E-state index in [1.807, 2.05) is 18.2 Å². The van der Waals surface area contributed by atoms with Gasteiger partial charge in [0.05, 0.1) is 14.8 Å². The van der Waals surface area contributed by atoms with E-state index in [4.69, 9.17) is 16.3 Å². The van der Waals surface area contributed by atoms with Gasteiger partial charge in [-0.25, -0.2) is 0 Å². The van der Waals surface area contributed by atoms with Gasteiger partial charge in [0.15, 0.2) is 0 Å². The van der Waals surface area contributed by atoms with E-state index in [9.17, 15) is 5.11 Å². The van der Waals surface area contributed by atoms with Crippen LogP contribution in [0.15, 0.2) is 27.1 Å². The maximum atomic E-state index is 9.21. The van der Waals surface area contributed by atoms with Crippen LogP contribution in [0.25, 0.3) is 0 Å². The Hall–Kier alpha value is 0.230. The highest BCUT2D eigenvalue weighted by Gasteiger charge is 2.08. The second-order valence-electron chi connectivity index (χ2n) is 2.67. The molecule has 1 aromatic rings. The number of benzene rings is 1. The van der Waals surface area contributed by atoms with E-state index in [2.05, 4.69) is 31.9 Å². The summed E-state index contributed by atoms with van der Waals surface area (Å²) in [6.07, 6.45) is -0.643. The van der Waals surface area contributed by atoms with Gasteiger partial charge in [0, 0.05) is 0 Å². The lowest BCUT2D eigenvalue weighted by Crippen LogP contribution is -2.19. The molecular weight excluding hydrogens is 335 g/mol. The van der Waals surface area contributed by atoms with Crippen molar-refractivity contribution >= 4 is 43.5 Å². The van der Waals surface area contributed by atoms with Crippen molar-refractivity contribution in [2.45, 2.75) is 6.10 Å². The van der Waals surface area contributed by atoms with Crippen molar-refractivity contribution in [1.82, 2.24) is 0 Å². The summed E-state index contributed by atoms with van der Waals surface area (Å²) < 4.78 is 7.07. The number of alkyl halides is 1. The maximum Gasteiger partial charge on any atom is 0.147 e. The summed E-state index contributed by atoms with van der Waals surface area (Å²) in [4.78, 5) is 0. The second kappa shape index (κ2) is 5.95.